The second kappa shape index (κ2) is 13.0. The van der Waals surface area contributed by atoms with Gasteiger partial charge >= 0.3 is 6.18 Å². The van der Waals surface area contributed by atoms with Gasteiger partial charge in [-0.3, -0.25) is 9.89 Å². The third kappa shape index (κ3) is 8.59. The fraction of sp³-hybridized carbons (Fsp3) is 0.435. The first-order valence-electron chi connectivity index (χ1n) is 10.4. The van der Waals surface area contributed by atoms with Crippen molar-refractivity contribution in [2.45, 2.75) is 25.7 Å². The summed E-state index contributed by atoms with van der Waals surface area (Å²) in [5.41, 5.74) is 2.65. The number of nitrogens with one attached hydrogen (secondary N) is 2. The van der Waals surface area contributed by atoms with Gasteiger partial charge in [0.25, 0.3) is 0 Å². The van der Waals surface area contributed by atoms with E-state index in [9.17, 15) is 13.2 Å². The van der Waals surface area contributed by atoms with Crippen molar-refractivity contribution in [1.29, 1.82) is 0 Å². The van der Waals surface area contributed by atoms with Gasteiger partial charge in [0.15, 0.2) is 5.96 Å². The molecule has 2 aromatic rings. The van der Waals surface area contributed by atoms with Crippen LogP contribution in [0.2, 0.25) is 0 Å². The summed E-state index contributed by atoms with van der Waals surface area (Å²) in [6.45, 7) is 5.61. The first-order valence-corrected chi connectivity index (χ1v) is 10.4. The Labute approximate surface area is 204 Å². The minimum Gasteiger partial charge on any atom is -0.379 e. The molecule has 2 aromatic carbocycles. The molecule has 2 N–H and O–H groups in total. The Bertz CT molecular complexity index is 853. The molecule has 1 saturated heterocycles. The number of rotatable bonds is 7. The highest BCUT2D eigenvalue weighted by Crippen LogP contribution is 2.29. The van der Waals surface area contributed by atoms with Crippen molar-refractivity contribution in [3.63, 3.8) is 0 Å². The molecule has 0 amide bonds. The topological polar surface area (TPSA) is 48.9 Å². The van der Waals surface area contributed by atoms with Gasteiger partial charge < -0.3 is 15.4 Å². The van der Waals surface area contributed by atoms with Crippen LogP contribution in [0.1, 0.15) is 22.3 Å². The summed E-state index contributed by atoms with van der Waals surface area (Å²) in [4.78, 5) is 6.61. The average molecular weight is 562 g/mol. The van der Waals surface area contributed by atoms with Crippen molar-refractivity contribution in [1.82, 2.24) is 15.5 Å². The molecule has 0 saturated carbocycles. The largest absolute Gasteiger partial charge is 0.416 e. The van der Waals surface area contributed by atoms with Gasteiger partial charge in [-0.1, -0.05) is 36.4 Å². The monoisotopic (exact) mass is 562 g/mol. The fourth-order valence-corrected chi connectivity index (χ4v) is 3.45. The standard InChI is InChI=1S/C23H29F3N4O.HI/c1-27-22(28-10-9-18-5-7-21(8-6-18)23(24,25)26)29-16-19-3-2-4-20(15-19)17-30-11-13-31-14-12-30;/h2-8,15H,9-14,16-17H2,1H3,(H2,27,28,29);1H. The van der Waals surface area contributed by atoms with Gasteiger partial charge in [-0.05, 0) is 35.2 Å². The Kier molecular flexibility index (Phi) is 10.7. The van der Waals surface area contributed by atoms with Gasteiger partial charge in [0.2, 0.25) is 0 Å². The van der Waals surface area contributed by atoms with Crippen LogP contribution in [-0.4, -0.2) is 50.8 Å². The number of aliphatic imine (C=N–C) groups is 1. The van der Waals surface area contributed by atoms with Crippen LogP contribution in [0.25, 0.3) is 0 Å². The molecule has 0 spiro atoms. The SMILES string of the molecule is CN=C(NCCc1ccc(C(F)(F)F)cc1)NCc1cccc(CN2CCOCC2)c1.I. The van der Waals surface area contributed by atoms with Crippen LogP contribution in [0.4, 0.5) is 13.2 Å². The molecule has 1 aliphatic rings. The number of hydrogen-bond donors (Lipinski definition) is 2. The molecule has 32 heavy (non-hydrogen) atoms. The summed E-state index contributed by atoms with van der Waals surface area (Å²) in [7, 11) is 1.70. The summed E-state index contributed by atoms with van der Waals surface area (Å²) in [6.07, 6.45) is -3.70. The molecule has 1 heterocycles. The summed E-state index contributed by atoms with van der Waals surface area (Å²) in [5.74, 6) is 0.658. The maximum absolute atomic E-state index is 12.6. The van der Waals surface area contributed by atoms with Crippen LogP contribution < -0.4 is 10.6 Å². The van der Waals surface area contributed by atoms with E-state index in [0.29, 0.717) is 25.5 Å². The van der Waals surface area contributed by atoms with Gasteiger partial charge in [0.1, 0.15) is 0 Å². The van der Waals surface area contributed by atoms with Crippen molar-refractivity contribution in [2.24, 2.45) is 4.99 Å². The van der Waals surface area contributed by atoms with E-state index in [0.717, 1.165) is 56.1 Å². The summed E-state index contributed by atoms with van der Waals surface area (Å²) in [5, 5.41) is 6.50. The van der Waals surface area contributed by atoms with Crippen LogP contribution >= 0.6 is 24.0 Å². The lowest BCUT2D eigenvalue weighted by Gasteiger charge is -2.26. The normalized spacial score (nSPS) is 15.2. The molecule has 0 aliphatic carbocycles. The second-order valence-corrected chi connectivity index (χ2v) is 7.51. The van der Waals surface area contributed by atoms with Crippen molar-refractivity contribution in [3.05, 3.63) is 70.8 Å². The maximum atomic E-state index is 12.6. The molecule has 3 rings (SSSR count). The number of ether oxygens (including phenoxy) is 1. The molecule has 0 unspecified atom stereocenters. The Morgan fingerprint density at radius 3 is 2.34 bits per heavy atom. The van der Waals surface area contributed by atoms with Gasteiger partial charge in [-0.15, -0.1) is 24.0 Å². The highest BCUT2D eigenvalue weighted by atomic mass is 127. The molecular formula is C23H30F3IN4O. The average Bonchev–Trinajstić information content (AvgIpc) is 2.77. The molecule has 176 valence electrons. The molecule has 9 heteroatoms. The summed E-state index contributed by atoms with van der Waals surface area (Å²) in [6, 6.07) is 13.7. The van der Waals surface area contributed by atoms with Crippen molar-refractivity contribution < 1.29 is 17.9 Å². The molecule has 1 fully saturated rings. The molecule has 0 atom stereocenters. The predicted octanol–water partition coefficient (Wildman–Crippen LogP) is 4.06. The van der Waals surface area contributed by atoms with E-state index in [-0.39, 0.29) is 24.0 Å². The zero-order valence-electron chi connectivity index (χ0n) is 18.1. The Balaban J connectivity index is 0.00000363. The van der Waals surface area contributed by atoms with Gasteiger partial charge in [-0.25, -0.2) is 0 Å². The molecule has 0 radical (unpaired) electrons. The quantitative estimate of drug-likeness (QED) is 0.304. The van der Waals surface area contributed by atoms with Crippen molar-refractivity contribution in [3.8, 4) is 0 Å². The minimum absolute atomic E-state index is 0. The number of guanidine groups is 1. The van der Waals surface area contributed by atoms with Crippen molar-refractivity contribution >= 4 is 29.9 Å². The second-order valence-electron chi connectivity index (χ2n) is 7.51. The van der Waals surface area contributed by atoms with Gasteiger partial charge in [0.05, 0.1) is 18.8 Å². The molecule has 0 aromatic heterocycles. The van der Waals surface area contributed by atoms with Crippen LogP contribution in [-0.2, 0) is 30.4 Å². The van der Waals surface area contributed by atoms with E-state index >= 15 is 0 Å². The number of morpholine rings is 1. The maximum Gasteiger partial charge on any atom is 0.416 e. The highest BCUT2D eigenvalue weighted by molar-refractivity contribution is 14.0. The lowest BCUT2D eigenvalue weighted by Crippen LogP contribution is -2.38. The third-order valence-corrected chi connectivity index (χ3v) is 5.17. The zero-order chi connectivity index (χ0) is 22.1. The van der Waals surface area contributed by atoms with Crippen molar-refractivity contribution in [2.75, 3.05) is 39.9 Å². The lowest BCUT2D eigenvalue weighted by molar-refractivity contribution is -0.137. The number of hydrogen-bond acceptors (Lipinski definition) is 3. The van der Waals surface area contributed by atoms with E-state index in [2.05, 4.69) is 44.8 Å². The van der Waals surface area contributed by atoms with E-state index in [4.69, 9.17) is 4.74 Å². The molecule has 1 aliphatic heterocycles. The van der Waals surface area contributed by atoms with Crippen LogP contribution in [0, 0.1) is 0 Å². The predicted molar refractivity (Wildman–Crippen MR) is 131 cm³/mol. The summed E-state index contributed by atoms with van der Waals surface area (Å²) >= 11 is 0. The molecular weight excluding hydrogens is 532 g/mol. The molecule has 5 nitrogen and oxygen atoms in total. The van der Waals surface area contributed by atoms with E-state index in [1.807, 2.05) is 0 Å². The van der Waals surface area contributed by atoms with Crippen LogP contribution in [0.15, 0.2) is 53.5 Å². The number of benzene rings is 2. The zero-order valence-corrected chi connectivity index (χ0v) is 20.5. The first-order chi connectivity index (χ1) is 14.9. The van der Waals surface area contributed by atoms with Crippen LogP contribution in [0.3, 0.4) is 0 Å². The van der Waals surface area contributed by atoms with Gasteiger partial charge in [-0.2, -0.15) is 13.2 Å². The highest BCUT2D eigenvalue weighted by Gasteiger charge is 2.29. The minimum atomic E-state index is -4.30. The Morgan fingerprint density at radius 2 is 1.69 bits per heavy atom. The molecule has 0 bridgehead atoms. The van der Waals surface area contributed by atoms with E-state index in [1.165, 1.54) is 17.7 Å². The third-order valence-electron chi connectivity index (χ3n) is 5.17. The van der Waals surface area contributed by atoms with E-state index in [1.54, 1.807) is 7.05 Å². The van der Waals surface area contributed by atoms with E-state index < -0.39 is 11.7 Å². The Morgan fingerprint density at radius 1 is 1.00 bits per heavy atom. The summed E-state index contributed by atoms with van der Waals surface area (Å²) < 4.78 is 43.3. The lowest BCUT2D eigenvalue weighted by atomic mass is 10.1. The fourth-order valence-electron chi connectivity index (χ4n) is 3.45. The van der Waals surface area contributed by atoms with Crippen LogP contribution in [0.5, 0.6) is 0 Å². The number of alkyl halides is 3. The smallest absolute Gasteiger partial charge is 0.379 e. The van der Waals surface area contributed by atoms with Gasteiger partial charge in [0, 0.05) is 39.8 Å². The Hall–Kier alpha value is -1.85. The number of nitrogens with zero attached hydrogens (tertiary/aromatic N) is 2. The number of halogens is 4. The first kappa shape index (κ1) is 26.4.